The van der Waals surface area contributed by atoms with E-state index in [-0.39, 0.29) is 16.7 Å². The lowest BCUT2D eigenvalue weighted by molar-refractivity contribution is -0.385. The van der Waals surface area contributed by atoms with Crippen LogP contribution in [-0.2, 0) is 0 Å². The van der Waals surface area contributed by atoms with E-state index >= 15 is 0 Å². The quantitative estimate of drug-likeness (QED) is 0.641. The molecule has 0 radical (unpaired) electrons. The van der Waals surface area contributed by atoms with Gasteiger partial charge in [-0.3, -0.25) is 14.9 Å². The van der Waals surface area contributed by atoms with Crippen LogP contribution in [0.4, 0.5) is 11.4 Å². The average molecular weight is 279 g/mol. The smallest absolute Gasteiger partial charge is 0.282 e. The molecule has 20 heavy (non-hydrogen) atoms. The minimum absolute atomic E-state index is 0.0796. The van der Waals surface area contributed by atoms with E-state index < -0.39 is 10.8 Å². The molecule has 1 amide bonds. The second kappa shape index (κ2) is 6.36. The number of rotatable bonds is 5. The summed E-state index contributed by atoms with van der Waals surface area (Å²) < 4.78 is 0. The molecule has 0 saturated heterocycles. The molecule has 0 saturated carbocycles. The van der Waals surface area contributed by atoms with Crippen molar-refractivity contribution in [2.45, 2.75) is 27.7 Å². The number of nitrogens with one attached hydrogen (secondary N) is 2. The molecule has 1 aromatic carbocycles. The molecule has 0 aliphatic heterocycles. The van der Waals surface area contributed by atoms with E-state index in [9.17, 15) is 14.9 Å². The molecule has 0 spiro atoms. The van der Waals surface area contributed by atoms with Gasteiger partial charge in [0.1, 0.15) is 5.56 Å². The maximum atomic E-state index is 12.1. The van der Waals surface area contributed by atoms with E-state index in [1.165, 1.54) is 12.1 Å². The molecular formula is C14H21N3O3. The molecule has 0 unspecified atom stereocenters. The number of anilines is 1. The van der Waals surface area contributed by atoms with E-state index in [0.717, 1.165) is 0 Å². The number of benzene rings is 1. The summed E-state index contributed by atoms with van der Waals surface area (Å²) in [4.78, 5) is 22.6. The fourth-order valence-corrected chi connectivity index (χ4v) is 1.63. The number of hydrogen-bond donors (Lipinski definition) is 2. The Morgan fingerprint density at radius 3 is 2.50 bits per heavy atom. The Morgan fingerprint density at radius 1 is 1.35 bits per heavy atom. The number of amides is 1. The highest BCUT2D eigenvalue weighted by Crippen LogP contribution is 2.23. The van der Waals surface area contributed by atoms with Crippen LogP contribution in [0.1, 0.15) is 38.1 Å². The predicted octanol–water partition coefficient (Wildman–Crippen LogP) is 2.80. The monoisotopic (exact) mass is 279 g/mol. The van der Waals surface area contributed by atoms with E-state index in [0.29, 0.717) is 18.8 Å². The normalized spacial score (nSPS) is 11.0. The Morgan fingerprint density at radius 2 is 2.00 bits per heavy atom. The fourth-order valence-electron chi connectivity index (χ4n) is 1.63. The number of carbonyl (C=O) groups excluding carboxylic acids is 1. The van der Waals surface area contributed by atoms with Crippen LogP contribution in [0.15, 0.2) is 18.2 Å². The van der Waals surface area contributed by atoms with Gasteiger partial charge in [-0.2, -0.15) is 0 Å². The number of nitro benzene ring substituents is 1. The molecule has 0 aliphatic carbocycles. The van der Waals surface area contributed by atoms with Crippen molar-refractivity contribution in [3.63, 3.8) is 0 Å². The third kappa shape index (κ3) is 4.53. The molecule has 1 rings (SSSR count). The number of hydrogen-bond acceptors (Lipinski definition) is 4. The maximum absolute atomic E-state index is 12.1. The van der Waals surface area contributed by atoms with E-state index in [1.54, 1.807) is 6.07 Å². The second-order valence-electron chi connectivity index (χ2n) is 5.76. The zero-order valence-corrected chi connectivity index (χ0v) is 12.3. The standard InChI is InChI=1S/C14H21N3O3/c1-5-15-10-6-7-12(17(19)20)11(8-10)13(18)16-9-14(2,3)4/h6-8,15H,5,9H2,1-4H3,(H,16,18). The third-order valence-electron chi connectivity index (χ3n) is 2.60. The average Bonchev–Trinajstić information content (AvgIpc) is 2.35. The summed E-state index contributed by atoms with van der Waals surface area (Å²) in [6, 6.07) is 4.46. The topological polar surface area (TPSA) is 84.3 Å². The van der Waals surface area contributed by atoms with E-state index in [2.05, 4.69) is 10.6 Å². The Labute approximate surface area is 118 Å². The first kappa shape index (κ1) is 15.9. The molecule has 1 aromatic rings. The fraction of sp³-hybridized carbons (Fsp3) is 0.500. The van der Waals surface area contributed by atoms with Crippen LogP contribution in [0.3, 0.4) is 0 Å². The van der Waals surface area contributed by atoms with Gasteiger partial charge in [0, 0.05) is 24.8 Å². The van der Waals surface area contributed by atoms with Gasteiger partial charge < -0.3 is 10.6 Å². The van der Waals surface area contributed by atoms with Gasteiger partial charge in [0.2, 0.25) is 0 Å². The largest absolute Gasteiger partial charge is 0.385 e. The minimum atomic E-state index is -0.540. The van der Waals surface area contributed by atoms with Gasteiger partial charge in [0.25, 0.3) is 11.6 Å². The lowest BCUT2D eigenvalue weighted by atomic mass is 9.97. The summed E-state index contributed by atoms with van der Waals surface area (Å²) in [6.45, 7) is 9.00. The third-order valence-corrected chi connectivity index (χ3v) is 2.60. The summed E-state index contributed by atoms with van der Waals surface area (Å²) in [5, 5.41) is 16.8. The molecule has 0 atom stereocenters. The van der Waals surface area contributed by atoms with Crippen molar-refractivity contribution in [3.8, 4) is 0 Å². The molecule has 2 N–H and O–H groups in total. The molecule has 0 aromatic heterocycles. The van der Waals surface area contributed by atoms with Crippen LogP contribution in [0.25, 0.3) is 0 Å². The highest BCUT2D eigenvalue weighted by molar-refractivity contribution is 5.99. The van der Waals surface area contributed by atoms with Gasteiger partial charge in [-0.05, 0) is 24.5 Å². The van der Waals surface area contributed by atoms with Crippen LogP contribution in [0, 0.1) is 15.5 Å². The summed E-state index contributed by atoms with van der Waals surface area (Å²) in [7, 11) is 0. The van der Waals surface area contributed by atoms with Crippen LogP contribution < -0.4 is 10.6 Å². The summed E-state index contributed by atoms with van der Waals surface area (Å²) in [6.07, 6.45) is 0. The first-order chi connectivity index (χ1) is 9.24. The van der Waals surface area contributed by atoms with Crippen molar-refractivity contribution < 1.29 is 9.72 Å². The number of nitrogens with zero attached hydrogens (tertiary/aromatic N) is 1. The molecule has 6 heteroatoms. The van der Waals surface area contributed by atoms with E-state index in [1.807, 2.05) is 27.7 Å². The van der Waals surface area contributed by atoms with E-state index in [4.69, 9.17) is 0 Å². The SMILES string of the molecule is CCNc1ccc([N+](=O)[O-])c(C(=O)NCC(C)(C)C)c1. The Hall–Kier alpha value is -2.11. The van der Waals surface area contributed by atoms with Crippen LogP contribution in [-0.4, -0.2) is 23.9 Å². The van der Waals surface area contributed by atoms with Crippen molar-refractivity contribution in [2.24, 2.45) is 5.41 Å². The Bertz CT molecular complexity index is 507. The van der Waals surface area contributed by atoms with Gasteiger partial charge in [0.15, 0.2) is 0 Å². The second-order valence-corrected chi connectivity index (χ2v) is 5.76. The van der Waals surface area contributed by atoms with Gasteiger partial charge in [-0.15, -0.1) is 0 Å². The highest BCUT2D eigenvalue weighted by atomic mass is 16.6. The summed E-state index contributed by atoms with van der Waals surface area (Å²) in [5.74, 6) is -0.425. The highest BCUT2D eigenvalue weighted by Gasteiger charge is 2.22. The predicted molar refractivity (Wildman–Crippen MR) is 79.0 cm³/mol. The van der Waals surface area contributed by atoms with Gasteiger partial charge >= 0.3 is 0 Å². The molecule has 6 nitrogen and oxygen atoms in total. The van der Waals surface area contributed by atoms with Crippen molar-refractivity contribution in [1.29, 1.82) is 0 Å². The lowest BCUT2D eigenvalue weighted by Gasteiger charge is -2.18. The van der Waals surface area contributed by atoms with Crippen LogP contribution >= 0.6 is 0 Å². The Balaban J connectivity index is 3.02. The van der Waals surface area contributed by atoms with Gasteiger partial charge in [-0.25, -0.2) is 0 Å². The van der Waals surface area contributed by atoms with Crippen LogP contribution in [0.2, 0.25) is 0 Å². The zero-order valence-electron chi connectivity index (χ0n) is 12.3. The van der Waals surface area contributed by atoms with Crippen LogP contribution in [0.5, 0.6) is 0 Å². The maximum Gasteiger partial charge on any atom is 0.282 e. The molecule has 0 aliphatic rings. The van der Waals surface area contributed by atoms with Crippen molar-refractivity contribution in [1.82, 2.24) is 5.32 Å². The molecule has 0 bridgehead atoms. The molecule has 0 fully saturated rings. The van der Waals surface area contributed by atoms with Crippen molar-refractivity contribution >= 4 is 17.3 Å². The zero-order chi connectivity index (χ0) is 15.3. The van der Waals surface area contributed by atoms with Crippen molar-refractivity contribution in [2.75, 3.05) is 18.4 Å². The number of nitro groups is 1. The molecule has 0 heterocycles. The summed E-state index contributed by atoms with van der Waals surface area (Å²) >= 11 is 0. The van der Waals surface area contributed by atoms with Gasteiger partial charge in [0.05, 0.1) is 4.92 Å². The number of carbonyl (C=O) groups is 1. The van der Waals surface area contributed by atoms with Crippen molar-refractivity contribution in [3.05, 3.63) is 33.9 Å². The van der Waals surface area contributed by atoms with Gasteiger partial charge in [-0.1, -0.05) is 20.8 Å². The lowest BCUT2D eigenvalue weighted by Crippen LogP contribution is -2.32. The molecular weight excluding hydrogens is 258 g/mol. The first-order valence-electron chi connectivity index (χ1n) is 6.55. The molecule has 110 valence electrons. The summed E-state index contributed by atoms with van der Waals surface area (Å²) in [5.41, 5.74) is 0.513. The Kier molecular flexibility index (Phi) is 5.07. The first-order valence-corrected chi connectivity index (χ1v) is 6.55. The minimum Gasteiger partial charge on any atom is -0.385 e.